The average Bonchev–Trinajstić information content (AvgIpc) is 2.40. The van der Waals surface area contributed by atoms with E-state index in [4.69, 9.17) is 0 Å². The van der Waals surface area contributed by atoms with Crippen molar-refractivity contribution in [2.45, 2.75) is 19.9 Å². The number of hydrogen-bond donors (Lipinski definition) is 0. The molecule has 0 aromatic carbocycles. The molecule has 0 spiro atoms. The summed E-state index contributed by atoms with van der Waals surface area (Å²) in [7, 11) is 1.32. The molecule has 2 rings (SSSR count). The molecule has 0 saturated carbocycles. The van der Waals surface area contributed by atoms with Gasteiger partial charge >= 0.3 is 5.97 Å². The SMILES string of the molecule is CCCn1c(=O)ccc2ncc(C(=O)OC)cc21. The van der Waals surface area contributed by atoms with Crippen LogP contribution in [0.2, 0.25) is 0 Å². The van der Waals surface area contributed by atoms with E-state index in [1.807, 2.05) is 6.92 Å². The molecule has 94 valence electrons. The molecule has 2 heterocycles. The van der Waals surface area contributed by atoms with Gasteiger partial charge < -0.3 is 9.30 Å². The minimum absolute atomic E-state index is 0.0897. The zero-order valence-corrected chi connectivity index (χ0v) is 10.3. The summed E-state index contributed by atoms with van der Waals surface area (Å²) in [6, 6.07) is 4.79. The van der Waals surface area contributed by atoms with Crippen molar-refractivity contribution in [3.63, 3.8) is 0 Å². The second-order valence-corrected chi connectivity index (χ2v) is 3.94. The first-order chi connectivity index (χ1) is 8.67. The van der Waals surface area contributed by atoms with Gasteiger partial charge in [-0.2, -0.15) is 0 Å². The van der Waals surface area contributed by atoms with Gasteiger partial charge in [0.2, 0.25) is 0 Å². The van der Waals surface area contributed by atoms with Crippen LogP contribution in [0, 0.1) is 0 Å². The fourth-order valence-corrected chi connectivity index (χ4v) is 1.85. The van der Waals surface area contributed by atoms with Crippen molar-refractivity contribution in [3.8, 4) is 0 Å². The van der Waals surface area contributed by atoms with Crippen molar-refractivity contribution in [2.24, 2.45) is 0 Å². The molecule has 0 atom stereocenters. The van der Waals surface area contributed by atoms with E-state index in [-0.39, 0.29) is 5.56 Å². The number of carbonyl (C=O) groups excluding carboxylic acids is 1. The Kier molecular flexibility index (Phi) is 3.41. The lowest BCUT2D eigenvalue weighted by molar-refractivity contribution is 0.0600. The molecular weight excluding hydrogens is 232 g/mol. The number of aromatic nitrogens is 2. The number of esters is 1. The topological polar surface area (TPSA) is 61.2 Å². The van der Waals surface area contributed by atoms with Crippen LogP contribution in [0.25, 0.3) is 11.0 Å². The number of rotatable bonds is 3. The predicted octanol–water partition coefficient (Wildman–Crippen LogP) is 1.59. The fourth-order valence-electron chi connectivity index (χ4n) is 1.85. The lowest BCUT2D eigenvalue weighted by atomic mass is 10.2. The van der Waals surface area contributed by atoms with E-state index in [9.17, 15) is 9.59 Å². The second-order valence-electron chi connectivity index (χ2n) is 3.94. The summed E-state index contributed by atoms with van der Waals surface area (Å²) >= 11 is 0. The van der Waals surface area contributed by atoms with Crippen molar-refractivity contribution < 1.29 is 9.53 Å². The standard InChI is InChI=1S/C13H14N2O3/c1-3-6-15-11-7-9(13(17)18-2)8-14-10(11)4-5-12(15)16/h4-5,7-8H,3,6H2,1-2H3. The molecule has 0 aliphatic carbocycles. The Morgan fingerprint density at radius 3 is 2.89 bits per heavy atom. The van der Waals surface area contributed by atoms with Crippen molar-refractivity contribution in [3.05, 3.63) is 40.3 Å². The van der Waals surface area contributed by atoms with Crippen LogP contribution in [-0.4, -0.2) is 22.6 Å². The molecule has 0 radical (unpaired) electrons. The number of fused-ring (bicyclic) bond motifs is 1. The van der Waals surface area contributed by atoms with Crippen LogP contribution >= 0.6 is 0 Å². The first-order valence-electron chi connectivity index (χ1n) is 5.75. The van der Waals surface area contributed by atoms with E-state index < -0.39 is 5.97 Å². The Bertz CT molecular complexity index is 646. The Morgan fingerprint density at radius 2 is 2.22 bits per heavy atom. The summed E-state index contributed by atoms with van der Waals surface area (Å²) in [4.78, 5) is 27.4. The number of methoxy groups -OCH3 is 1. The van der Waals surface area contributed by atoms with E-state index in [2.05, 4.69) is 9.72 Å². The smallest absolute Gasteiger partial charge is 0.339 e. The molecule has 0 bridgehead atoms. The number of ether oxygens (including phenoxy) is 1. The number of aryl methyl sites for hydroxylation is 1. The lowest BCUT2D eigenvalue weighted by Crippen LogP contribution is -2.19. The van der Waals surface area contributed by atoms with Crippen molar-refractivity contribution in [1.29, 1.82) is 0 Å². The molecule has 2 aromatic heterocycles. The summed E-state index contributed by atoms with van der Waals surface area (Å²) in [6.45, 7) is 2.59. The average molecular weight is 246 g/mol. The minimum atomic E-state index is -0.455. The van der Waals surface area contributed by atoms with Gasteiger partial charge in [-0.15, -0.1) is 0 Å². The van der Waals surface area contributed by atoms with E-state index in [1.54, 1.807) is 16.7 Å². The Hall–Kier alpha value is -2.17. The van der Waals surface area contributed by atoms with Crippen LogP contribution in [-0.2, 0) is 11.3 Å². The zero-order valence-electron chi connectivity index (χ0n) is 10.3. The highest BCUT2D eigenvalue weighted by Crippen LogP contribution is 2.12. The van der Waals surface area contributed by atoms with E-state index in [0.29, 0.717) is 23.1 Å². The maximum atomic E-state index is 11.8. The highest BCUT2D eigenvalue weighted by atomic mass is 16.5. The number of nitrogens with zero attached hydrogens (tertiary/aromatic N) is 2. The fraction of sp³-hybridized carbons (Fsp3) is 0.308. The van der Waals surface area contributed by atoms with Gasteiger partial charge in [0.1, 0.15) is 0 Å². The van der Waals surface area contributed by atoms with Gasteiger partial charge in [0.15, 0.2) is 0 Å². The third-order valence-electron chi connectivity index (χ3n) is 2.71. The highest BCUT2D eigenvalue weighted by Gasteiger charge is 2.09. The van der Waals surface area contributed by atoms with Crippen molar-refractivity contribution >= 4 is 17.0 Å². The summed E-state index contributed by atoms with van der Waals surface area (Å²) in [5.74, 6) is -0.455. The minimum Gasteiger partial charge on any atom is -0.465 e. The first-order valence-corrected chi connectivity index (χ1v) is 5.75. The summed E-state index contributed by atoms with van der Waals surface area (Å²) < 4.78 is 6.27. The third-order valence-corrected chi connectivity index (χ3v) is 2.71. The van der Waals surface area contributed by atoms with Gasteiger partial charge in [-0.05, 0) is 18.6 Å². The Morgan fingerprint density at radius 1 is 1.44 bits per heavy atom. The molecular formula is C13H14N2O3. The first kappa shape index (κ1) is 12.3. The van der Waals surface area contributed by atoms with Gasteiger partial charge in [-0.3, -0.25) is 9.78 Å². The predicted molar refractivity (Wildman–Crippen MR) is 67.6 cm³/mol. The zero-order chi connectivity index (χ0) is 13.1. The van der Waals surface area contributed by atoms with Crippen LogP contribution < -0.4 is 5.56 Å². The normalized spacial score (nSPS) is 10.6. The van der Waals surface area contributed by atoms with Crippen LogP contribution in [0.1, 0.15) is 23.7 Å². The summed E-state index contributed by atoms with van der Waals surface area (Å²) in [6.07, 6.45) is 2.29. The molecule has 0 aliphatic heterocycles. The maximum Gasteiger partial charge on any atom is 0.339 e. The molecule has 0 saturated heterocycles. The van der Waals surface area contributed by atoms with Gasteiger partial charge in [0.05, 0.1) is 23.7 Å². The van der Waals surface area contributed by atoms with Gasteiger partial charge in [0.25, 0.3) is 5.56 Å². The van der Waals surface area contributed by atoms with Crippen LogP contribution in [0.3, 0.4) is 0 Å². The highest BCUT2D eigenvalue weighted by molar-refractivity contribution is 5.92. The molecule has 0 aliphatic rings. The molecule has 2 aromatic rings. The third kappa shape index (κ3) is 2.11. The van der Waals surface area contributed by atoms with Gasteiger partial charge in [-0.25, -0.2) is 4.79 Å². The molecule has 5 nitrogen and oxygen atoms in total. The molecule has 0 fully saturated rings. The van der Waals surface area contributed by atoms with Crippen LogP contribution in [0.5, 0.6) is 0 Å². The number of hydrogen-bond acceptors (Lipinski definition) is 4. The van der Waals surface area contributed by atoms with Crippen LogP contribution in [0.4, 0.5) is 0 Å². The molecule has 0 N–H and O–H groups in total. The quantitative estimate of drug-likeness (QED) is 0.772. The Balaban J connectivity index is 2.69. The van der Waals surface area contributed by atoms with Gasteiger partial charge in [0, 0.05) is 18.8 Å². The van der Waals surface area contributed by atoms with Crippen molar-refractivity contribution in [2.75, 3.05) is 7.11 Å². The number of pyridine rings is 2. The van der Waals surface area contributed by atoms with E-state index >= 15 is 0 Å². The summed E-state index contributed by atoms with van der Waals surface area (Å²) in [5.41, 5.74) is 1.61. The molecule has 18 heavy (non-hydrogen) atoms. The maximum absolute atomic E-state index is 11.8. The van der Waals surface area contributed by atoms with E-state index in [1.165, 1.54) is 19.4 Å². The second kappa shape index (κ2) is 5.00. The molecule has 0 unspecified atom stereocenters. The lowest BCUT2D eigenvalue weighted by Gasteiger charge is -2.09. The van der Waals surface area contributed by atoms with Gasteiger partial charge in [-0.1, -0.05) is 6.92 Å². The van der Waals surface area contributed by atoms with E-state index in [0.717, 1.165) is 6.42 Å². The monoisotopic (exact) mass is 246 g/mol. The Labute approximate surface area is 104 Å². The van der Waals surface area contributed by atoms with Crippen LogP contribution in [0.15, 0.2) is 29.2 Å². The molecule has 5 heteroatoms. The number of carbonyl (C=O) groups is 1. The summed E-state index contributed by atoms with van der Waals surface area (Å²) in [5, 5.41) is 0. The van der Waals surface area contributed by atoms with Crippen molar-refractivity contribution in [1.82, 2.24) is 9.55 Å². The molecule has 0 amide bonds. The largest absolute Gasteiger partial charge is 0.465 e.